The third kappa shape index (κ3) is 2.63. The Hall–Kier alpha value is -0.870. The molecule has 1 aliphatic carbocycles. The lowest BCUT2D eigenvalue weighted by Gasteiger charge is -2.35. The first-order valence-electron chi connectivity index (χ1n) is 7.32. The molecule has 0 aromatic carbocycles. The Bertz CT molecular complexity index is 578. The number of alkyl halides is 1. The van der Waals surface area contributed by atoms with E-state index >= 15 is 0 Å². The van der Waals surface area contributed by atoms with E-state index in [0.717, 1.165) is 17.9 Å². The molecule has 1 saturated carbocycles. The predicted octanol–water partition coefficient (Wildman–Crippen LogP) is 4.38. The Kier molecular flexibility index (Phi) is 4.41. The highest BCUT2D eigenvalue weighted by molar-refractivity contribution is 7.18. The van der Waals surface area contributed by atoms with E-state index in [1.165, 1.54) is 42.4 Å². The van der Waals surface area contributed by atoms with Crippen molar-refractivity contribution in [2.75, 3.05) is 17.3 Å². The van der Waals surface area contributed by atoms with Gasteiger partial charge in [0.25, 0.3) is 0 Å². The minimum Gasteiger partial charge on any atom is -0.351 e. The number of aryl methyl sites for hydroxylation is 1. The van der Waals surface area contributed by atoms with Gasteiger partial charge >= 0.3 is 0 Å². The Labute approximate surface area is 129 Å². The van der Waals surface area contributed by atoms with Crippen LogP contribution in [-0.2, 0) is 0 Å². The highest BCUT2D eigenvalue weighted by Gasteiger charge is 2.24. The van der Waals surface area contributed by atoms with Crippen LogP contribution in [0, 0.1) is 6.92 Å². The molecule has 5 heteroatoms. The minimum atomic E-state index is 0.586. The molecular weight excluding hydrogens is 290 g/mol. The monoisotopic (exact) mass is 309 g/mol. The average Bonchev–Trinajstić information content (AvgIpc) is 2.88. The van der Waals surface area contributed by atoms with Crippen LogP contribution in [0.25, 0.3) is 10.2 Å². The lowest BCUT2D eigenvalue weighted by atomic mass is 9.94. The van der Waals surface area contributed by atoms with E-state index in [2.05, 4.69) is 27.2 Å². The van der Waals surface area contributed by atoms with Crippen molar-refractivity contribution < 1.29 is 0 Å². The Balaban J connectivity index is 2.00. The van der Waals surface area contributed by atoms with Crippen molar-refractivity contribution in [3.63, 3.8) is 0 Å². The lowest BCUT2D eigenvalue weighted by molar-refractivity contribution is 0.417. The highest BCUT2D eigenvalue weighted by Crippen LogP contribution is 2.34. The highest BCUT2D eigenvalue weighted by atomic mass is 35.5. The van der Waals surface area contributed by atoms with E-state index < -0.39 is 0 Å². The molecule has 0 spiro atoms. The smallest absolute Gasteiger partial charge is 0.150 e. The Morgan fingerprint density at radius 2 is 2.10 bits per heavy atom. The van der Waals surface area contributed by atoms with E-state index in [-0.39, 0.29) is 0 Å². The normalized spacial score (nSPS) is 16.7. The molecule has 0 N–H and O–H groups in total. The Morgan fingerprint density at radius 1 is 1.30 bits per heavy atom. The summed E-state index contributed by atoms with van der Waals surface area (Å²) < 4.78 is 1.21. The first kappa shape index (κ1) is 14.1. The molecule has 2 aromatic rings. The van der Waals surface area contributed by atoms with E-state index in [0.29, 0.717) is 11.9 Å². The van der Waals surface area contributed by atoms with Gasteiger partial charge in [-0.1, -0.05) is 19.3 Å². The van der Waals surface area contributed by atoms with Crippen LogP contribution in [0.1, 0.15) is 37.7 Å². The van der Waals surface area contributed by atoms with Crippen molar-refractivity contribution in [3.05, 3.63) is 17.3 Å². The van der Waals surface area contributed by atoms with Gasteiger partial charge in [0.1, 0.15) is 12.1 Å². The second-order valence-corrected chi connectivity index (χ2v) is 6.73. The van der Waals surface area contributed by atoms with Crippen LogP contribution in [0.15, 0.2) is 11.7 Å². The third-order valence-electron chi connectivity index (χ3n) is 4.13. The second-order valence-electron chi connectivity index (χ2n) is 5.47. The van der Waals surface area contributed by atoms with Crippen molar-refractivity contribution >= 4 is 39.0 Å². The van der Waals surface area contributed by atoms with Gasteiger partial charge in [-0.25, -0.2) is 9.97 Å². The summed E-state index contributed by atoms with van der Waals surface area (Å²) in [6.07, 6.45) is 8.21. The summed E-state index contributed by atoms with van der Waals surface area (Å²) in [7, 11) is 0. The fourth-order valence-electron chi connectivity index (χ4n) is 3.11. The van der Waals surface area contributed by atoms with Gasteiger partial charge in [0.15, 0.2) is 0 Å². The molecule has 0 atom stereocenters. The van der Waals surface area contributed by atoms with Gasteiger partial charge in [-0.2, -0.15) is 0 Å². The molecule has 0 radical (unpaired) electrons. The summed E-state index contributed by atoms with van der Waals surface area (Å²) in [5.74, 6) is 1.73. The maximum absolute atomic E-state index is 6.04. The summed E-state index contributed by atoms with van der Waals surface area (Å²) in [5, 5.41) is 2.17. The summed E-state index contributed by atoms with van der Waals surface area (Å²) in [5.41, 5.74) is 2.33. The van der Waals surface area contributed by atoms with Crippen LogP contribution in [0.3, 0.4) is 0 Å². The molecule has 3 rings (SSSR count). The molecule has 2 heterocycles. The van der Waals surface area contributed by atoms with Gasteiger partial charge < -0.3 is 4.90 Å². The van der Waals surface area contributed by atoms with Crippen LogP contribution in [0.2, 0.25) is 0 Å². The van der Waals surface area contributed by atoms with Crippen molar-refractivity contribution in [3.8, 4) is 0 Å². The van der Waals surface area contributed by atoms with Gasteiger partial charge in [0, 0.05) is 18.5 Å². The molecule has 0 unspecified atom stereocenters. The molecule has 2 aromatic heterocycles. The van der Waals surface area contributed by atoms with Crippen LogP contribution in [0.4, 0.5) is 5.82 Å². The summed E-state index contributed by atoms with van der Waals surface area (Å²) in [6, 6.07) is 0.586. The molecular formula is C15H20ClN3S. The van der Waals surface area contributed by atoms with Crippen molar-refractivity contribution in [2.45, 2.75) is 45.1 Å². The molecule has 0 amide bonds. The quantitative estimate of drug-likeness (QED) is 0.785. The zero-order valence-corrected chi connectivity index (χ0v) is 13.4. The van der Waals surface area contributed by atoms with Crippen molar-refractivity contribution in [1.82, 2.24) is 9.97 Å². The molecule has 1 aliphatic rings. The van der Waals surface area contributed by atoms with Crippen molar-refractivity contribution in [1.29, 1.82) is 0 Å². The summed E-state index contributed by atoms with van der Waals surface area (Å²) >= 11 is 7.79. The van der Waals surface area contributed by atoms with E-state index in [1.54, 1.807) is 17.7 Å². The minimum absolute atomic E-state index is 0.586. The molecule has 20 heavy (non-hydrogen) atoms. The van der Waals surface area contributed by atoms with E-state index in [4.69, 9.17) is 11.6 Å². The molecule has 0 saturated heterocycles. The first-order chi connectivity index (χ1) is 9.81. The van der Waals surface area contributed by atoms with Crippen LogP contribution in [0.5, 0.6) is 0 Å². The number of halogens is 1. The maximum atomic E-state index is 6.04. The largest absolute Gasteiger partial charge is 0.351 e. The average molecular weight is 310 g/mol. The third-order valence-corrected chi connectivity index (χ3v) is 5.38. The van der Waals surface area contributed by atoms with E-state index in [9.17, 15) is 0 Å². The van der Waals surface area contributed by atoms with E-state index in [1.807, 2.05) is 0 Å². The molecule has 1 fully saturated rings. The molecule has 0 bridgehead atoms. The number of aromatic nitrogens is 2. The van der Waals surface area contributed by atoms with Crippen LogP contribution >= 0.6 is 22.9 Å². The van der Waals surface area contributed by atoms with Crippen molar-refractivity contribution in [2.24, 2.45) is 0 Å². The molecule has 0 aliphatic heterocycles. The fourth-order valence-corrected chi connectivity index (χ4v) is 4.30. The molecule has 108 valence electrons. The number of fused-ring (bicyclic) bond motifs is 1. The van der Waals surface area contributed by atoms with Gasteiger partial charge in [0.2, 0.25) is 0 Å². The first-order valence-corrected chi connectivity index (χ1v) is 8.74. The number of hydrogen-bond acceptors (Lipinski definition) is 4. The fraction of sp³-hybridized carbons (Fsp3) is 0.600. The SMILES string of the molecule is Cc1csc2c(N(CCCl)C3CCCCC3)ncnc12. The summed E-state index contributed by atoms with van der Waals surface area (Å²) in [6.45, 7) is 2.98. The predicted molar refractivity (Wildman–Crippen MR) is 87.1 cm³/mol. The standard InChI is InChI=1S/C15H20ClN3S/c1-11-9-20-14-13(11)17-10-18-15(14)19(8-7-16)12-5-3-2-4-6-12/h9-10,12H,2-8H2,1H3. The van der Waals surface area contributed by atoms with Crippen LogP contribution < -0.4 is 4.90 Å². The van der Waals surface area contributed by atoms with Gasteiger partial charge in [-0.05, 0) is 30.7 Å². The number of thiophene rings is 1. The zero-order chi connectivity index (χ0) is 13.9. The topological polar surface area (TPSA) is 29.0 Å². The second kappa shape index (κ2) is 6.27. The zero-order valence-electron chi connectivity index (χ0n) is 11.8. The lowest BCUT2D eigenvalue weighted by Crippen LogP contribution is -2.38. The van der Waals surface area contributed by atoms with Gasteiger partial charge in [-0.3, -0.25) is 0 Å². The Morgan fingerprint density at radius 3 is 2.85 bits per heavy atom. The summed E-state index contributed by atoms with van der Waals surface area (Å²) in [4.78, 5) is 11.4. The molecule has 3 nitrogen and oxygen atoms in total. The number of hydrogen-bond donors (Lipinski definition) is 0. The number of rotatable bonds is 4. The van der Waals surface area contributed by atoms with Crippen LogP contribution in [-0.4, -0.2) is 28.4 Å². The maximum Gasteiger partial charge on any atom is 0.150 e. The number of nitrogens with zero attached hydrogens (tertiary/aromatic N) is 3. The van der Waals surface area contributed by atoms with Gasteiger partial charge in [0.05, 0.1) is 10.2 Å². The van der Waals surface area contributed by atoms with Gasteiger partial charge in [-0.15, -0.1) is 22.9 Å². The number of anilines is 1.